The zero-order valence-corrected chi connectivity index (χ0v) is 18.8. The first-order valence-corrected chi connectivity index (χ1v) is 12.1. The van der Waals surface area contributed by atoms with Gasteiger partial charge in [0.1, 0.15) is 6.04 Å². The number of carbonyl (C=O) groups excluding carboxylic acids is 2. The van der Waals surface area contributed by atoms with Crippen molar-refractivity contribution >= 4 is 49.2 Å². The van der Waals surface area contributed by atoms with Crippen LogP contribution < -0.4 is 15.2 Å². The normalized spacial score (nSPS) is 13.8. The van der Waals surface area contributed by atoms with Gasteiger partial charge in [0.2, 0.25) is 20.0 Å². The van der Waals surface area contributed by atoms with E-state index >= 15 is 0 Å². The van der Waals surface area contributed by atoms with Crippen molar-refractivity contribution in [2.45, 2.75) is 35.8 Å². The highest BCUT2D eigenvalue weighted by Crippen LogP contribution is 2.15. The lowest BCUT2D eigenvalue weighted by atomic mass is 10.3. The number of amides is 1. The maximum absolute atomic E-state index is 12.3. The average molecular weight is 490 g/mol. The lowest BCUT2D eigenvalue weighted by Crippen LogP contribution is -2.42. The molecule has 13 heteroatoms. The van der Waals surface area contributed by atoms with E-state index in [4.69, 9.17) is 21.5 Å². The highest BCUT2D eigenvalue weighted by atomic mass is 35.5. The number of nitrogens with one attached hydrogen (secondary N) is 2. The first kappa shape index (κ1) is 24.8. The first-order chi connectivity index (χ1) is 14.3. The second-order valence-electron chi connectivity index (χ2n) is 6.43. The Kier molecular flexibility index (Phi) is 7.78. The van der Waals surface area contributed by atoms with Crippen molar-refractivity contribution in [2.24, 2.45) is 5.14 Å². The predicted molar refractivity (Wildman–Crippen MR) is 113 cm³/mol. The monoisotopic (exact) mass is 489 g/mol. The van der Waals surface area contributed by atoms with Crippen molar-refractivity contribution in [1.29, 1.82) is 0 Å². The van der Waals surface area contributed by atoms with Gasteiger partial charge >= 0.3 is 5.97 Å². The number of halogens is 1. The number of primary sulfonamides is 1. The lowest BCUT2D eigenvalue weighted by molar-refractivity contribution is -0.154. The fourth-order valence-corrected chi connectivity index (χ4v) is 4.10. The van der Waals surface area contributed by atoms with E-state index in [2.05, 4.69) is 10.0 Å². The SMILES string of the molecule is CC(OC(=O)[C@H](C)NS(=O)(=O)c1ccc(Cl)cc1)C(=O)Nc1ccc(S(N)(=O)=O)cc1. The molecule has 2 aromatic rings. The van der Waals surface area contributed by atoms with Crippen molar-refractivity contribution in [3.05, 3.63) is 53.6 Å². The second-order valence-corrected chi connectivity index (χ2v) is 10.1. The number of ether oxygens (including phenoxy) is 1. The Morgan fingerprint density at radius 2 is 1.45 bits per heavy atom. The molecule has 0 bridgehead atoms. The molecule has 0 saturated carbocycles. The van der Waals surface area contributed by atoms with Crippen LogP contribution in [0, 0.1) is 0 Å². The minimum absolute atomic E-state index is 0.0923. The van der Waals surface area contributed by atoms with Crippen LogP contribution in [0.25, 0.3) is 0 Å². The zero-order chi connectivity index (χ0) is 23.4. The summed E-state index contributed by atoms with van der Waals surface area (Å²) in [4.78, 5) is 24.2. The van der Waals surface area contributed by atoms with Crippen molar-refractivity contribution in [1.82, 2.24) is 4.72 Å². The molecule has 0 aliphatic rings. The van der Waals surface area contributed by atoms with Gasteiger partial charge in [0.25, 0.3) is 5.91 Å². The number of nitrogens with two attached hydrogens (primary N) is 1. The molecule has 0 fully saturated rings. The molecule has 10 nitrogen and oxygen atoms in total. The molecule has 0 saturated heterocycles. The highest BCUT2D eigenvalue weighted by Gasteiger charge is 2.26. The summed E-state index contributed by atoms with van der Waals surface area (Å²) in [5, 5.41) is 7.79. The van der Waals surface area contributed by atoms with Crippen molar-refractivity contribution in [3.63, 3.8) is 0 Å². The van der Waals surface area contributed by atoms with Gasteiger partial charge in [-0.25, -0.2) is 22.0 Å². The molecule has 0 aliphatic carbocycles. The summed E-state index contributed by atoms with van der Waals surface area (Å²) in [6.45, 7) is 2.57. The maximum atomic E-state index is 12.3. The topological polar surface area (TPSA) is 162 Å². The molecule has 0 spiro atoms. The third-order valence-electron chi connectivity index (χ3n) is 3.92. The minimum Gasteiger partial charge on any atom is -0.451 e. The number of sulfonamides is 2. The number of hydrogen-bond donors (Lipinski definition) is 3. The Morgan fingerprint density at radius 3 is 1.97 bits per heavy atom. The molecule has 4 N–H and O–H groups in total. The predicted octanol–water partition coefficient (Wildman–Crippen LogP) is 1.22. The molecule has 0 aromatic heterocycles. The van der Waals surface area contributed by atoms with Gasteiger partial charge in [-0.2, -0.15) is 4.72 Å². The molecule has 1 amide bonds. The summed E-state index contributed by atoms with van der Waals surface area (Å²) < 4.78 is 54.3. The van der Waals surface area contributed by atoms with Gasteiger partial charge < -0.3 is 10.1 Å². The Hall–Kier alpha value is -2.51. The van der Waals surface area contributed by atoms with Crippen LogP contribution in [-0.2, 0) is 34.4 Å². The van der Waals surface area contributed by atoms with E-state index in [0.717, 1.165) is 0 Å². The second kappa shape index (κ2) is 9.75. The van der Waals surface area contributed by atoms with Crippen LogP contribution in [0.15, 0.2) is 58.3 Å². The van der Waals surface area contributed by atoms with Crippen LogP contribution in [0.5, 0.6) is 0 Å². The van der Waals surface area contributed by atoms with E-state index in [-0.39, 0.29) is 15.5 Å². The fourth-order valence-electron chi connectivity index (χ4n) is 2.26. The van der Waals surface area contributed by atoms with Crippen LogP contribution >= 0.6 is 11.6 Å². The van der Waals surface area contributed by atoms with Gasteiger partial charge in [-0.1, -0.05) is 11.6 Å². The summed E-state index contributed by atoms with van der Waals surface area (Å²) in [7, 11) is -7.88. The van der Waals surface area contributed by atoms with Crippen LogP contribution in [0.2, 0.25) is 5.02 Å². The van der Waals surface area contributed by atoms with Gasteiger partial charge in [-0.05, 0) is 62.4 Å². The number of esters is 1. The van der Waals surface area contributed by atoms with Gasteiger partial charge in [0.05, 0.1) is 9.79 Å². The molecule has 0 radical (unpaired) electrons. The molecule has 0 heterocycles. The number of carbonyl (C=O) groups is 2. The van der Waals surface area contributed by atoms with E-state index in [0.29, 0.717) is 5.02 Å². The van der Waals surface area contributed by atoms with Crippen molar-refractivity contribution < 1.29 is 31.2 Å². The quantitative estimate of drug-likeness (QED) is 0.469. The maximum Gasteiger partial charge on any atom is 0.324 e. The lowest BCUT2D eigenvalue weighted by Gasteiger charge is -2.18. The first-order valence-electron chi connectivity index (χ1n) is 8.72. The Labute approximate surface area is 184 Å². The van der Waals surface area contributed by atoms with Crippen LogP contribution in [0.3, 0.4) is 0 Å². The zero-order valence-electron chi connectivity index (χ0n) is 16.4. The minimum atomic E-state index is -4.01. The third-order valence-corrected chi connectivity index (χ3v) is 6.66. The Bertz CT molecular complexity index is 1170. The van der Waals surface area contributed by atoms with Gasteiger partial charge in [0.15, 0.2) is 6.10 Å². The molecule has 1 unspecified atom stereocenters. The number of anilines is 1. The summed E-state index contributed by atoms with van der Waals surface area (Å²) >= 11 is 5.73. The molecule has 0 aliphatic heterocycles. The van der Waals surface area contributed by atoms with Crippen LogP contribution in [0.1, 0.15) is 13.8 Å². The molecule has 2 aromatic carbocycles. The van der Waals surface area contributed by atoms with Crippen LogP contribution in [0.4, 0.5) is 5.69 Å². The van der Waals surface area contributed by atoms with Gasteiger partial charge in [-0.3, -0.25) is 9.59 Å². The molecular weight excluding hydrogens is 470 g/mol. The molecule has 2 rings (SSSR count). The van der Waals surface area contributed by atoms with Crippen molar-refractivity contribution in [2.75, 3.05) is 5.32 Å². The average Bonchev–Trinajstić information content (AvgIpc) is 2.67. The van der Waals surface area contributed by atoms with Crippen LogP contribution in [-0.4, -0.2) is 40.9 Å². The Morgan fingerprint density at radius 1 is 0.935 bits per heavy atom. The standard InChI is InChI=1S/C18H20ClN3O7S2/c1-11(22-31(27,28)16-7-3-13(19)4-8-16)18(24)29-12(2)17(23)21-14-5-9-15(10-6-14)30(20,25)26/h3-12,22H,1-2H3,(H,21,23)(H2,20,25,26)/t11-,12?/m0/s1. The highest BCUT2D eigenvalue weighted by molar-refractivity contribution is 7.89. The summed E-state index contributed by atoms with van der Waals surface area (Å²) in [5.74, 6) is -1.67. The van der Waals surface area contributed by atoms with E-state index in [1.165, 1.54) is 62.4 Å². The van der Waals surface area contributed by atoms with E-state index in [1.807, 2.05) is 0 Å². The largest absolute Gasteiger partial charge is 0.451 e. The number of rotatable bonds is 8. The molecule has 2 atom stereocenters. The van der Waals surface area contributed by atoms with E-state index < -0.39 is 44.1 Å². The Balaban J connectivity index is 1.95. The van der Waals surface area contributed by atoms with Gasteiger partial charge in [-0.15, -0.1) is 0 Å². The number of hydrogen-bond acceptors (Lipinski definition) is 7. The summed E-state index contributed by atoms with van der Waals surface area (Å²) in [6.07, 6.45) is -1.26. The van der Waals surface area contributed by atoms with E-state index in [9.17, 15) is 26.4 Å². The smallest absolute Gasteiger partial charge is 0.324 e. The summed E-state index contributed by atoms with van der Waals surface area (Å²) in [6, 6.07) is 9.10. The summed E-state index contributed by atoms with van der Waals surface area (Å²) in [5.41, 5.74) is 0.247. The number of benzene rings is 2. The van der Waals surface area contributed by atoms with Crippen molar-refractivity contribution in [3.8, 4) is 0 Å². The van der Waals surface area contributed by atoms with Gasteiger partial charge in [0, 0.05) is 10.7 Å². The fraction of sp³-hybridized carbons (Fsp3) is 0.222. The molecule has 168 valence electrons. The molecular formula is C18H20ClN3O7S2. The van der Waals surface area contributed by atoms with E-state index in [1.54, 1.807) is 0 Å². The molecule has 31 heavy (non-hydrogen) atoms. The third kappa shape index (κ3) is 7.01.